The highest BCUT2D eigenvalue weighted by molar-refractivity contribution is 6.35. The minimum atomic E-state index is -0.187. The Labute approximate surface area is 141 Å². The Hall–Kier alpha value is -1.30. The maximum Gasteiger partial charge on any atom is 0.279 e. The molecule has 3 N–H and O–H groups in total. The molecule has 1 unspecified atom stereocenters. The summed E-state index contributed by atoms with van der Waals surface area (Å²) in [5.41, 5.74) is 0.546. The van der Waals surface area contributed by atoms with Gasteiger partial charge in [-0.3, -0.25) is 9.59 Å². The summed E-state index contributed by atoms with van der Waals surface area (Å²) < 4.78 is 0. The Morgan fingerprint density at radius 3 is 2.14 bits per heavy atom. The van der Waals surface area contributed by atoms with E-state index in [-0.39, 0.29) is 30.9 Å². The predicted molar refractivity (Wildman–Crippen MR) is 89.6 cm³/mol. The third-order valence-electron chi connectivity index (χ3n) is 2.92. The van der Waals surface area contributed by atoms with Crippen LogP contribution in [0.5, 0.6) is 0 Å². The summed E-state index contributed by atoms with van der Waals surface area (Å²) in [6.07, 6.45) is 0. The third kappa shape index (κ3) is 7.11. The highest BCUT2D eigenvalue weighted by atomic mass is 35.5. The molecule has 7 heteroatoms. The topological polar surface area (TPSA) is 62.6 Å². The number of halogens is 2. The van der Waals surface area contributed by atoms with Gasteiger partial charge in [-0.15, -0.1) is 0 Å². The molecule has 2 amide bonds. The summed E-state index contributed by atoms with van der Waals surface area (Å²) in [5, 5.41) is 6.48. The molecule has 0 saturated heterocycles. The SMILES string of the molecule is CC[NH+](CC(=O)Nc1cc(Cl)cc(Cl)c1)CC(=O)NC(C)C. The summed E-state index contributed by atoms with van der Waals surface area (Å²) >= 11 is 11.8. The number of benzene rings is 1. The van der Waals surface area contributed by atoms with Crippen molar-refractivity contribution < 1.29 is 14.5 Å². The first-order valence-electron chi connectivity index (χ1n) is 7.19. The fourth-order valence-electron chi connectivity index (χ4n) is 1.97. The van der Waals surface area contributed by atoms with Crippen molar-refractivity contribution in [3.8, 4) is 0 Å². The quantitative estimate of drug-likeness (QED) is 0.698. The fraction of sp³-hybridized carbons (Fsp3) is 0.467. The minimum Gasteiger partial charge on any atom is -0.349 e. The Balaban J connectivity index is 2.56. The summed E-state index contributed by atoms with van der Waals surface area (Å²) in [6, 6.07) is 4.94. The van der Waals surface area contributed by atoms with Crippen LogP contribution in [0, 0.1) is 0 Å². The first-order chi connectivity index (χ1) is 10.3. The number of hydrogen-bond acceptors (Lipinski definition) is 2. The van der Waals surface area contributed by atoms with Crippen LogP contribution >= 0.6 is 23.2 Å². The highest BCUT2D eigenvalue weighted by Gasteiger charge is 2.17. The van der Waals surface area contributed by atoms with Crippen molar-refractivity contribution in [2.24, 2.45) is 0 Å². The van der Waals surface area contributed by atoms with Crippen LogP contribution in [0.25, 0.3) is 0 Å². The van der Waals surface area contributed by atoms with Gasteiger partial charge in [-0.25, -0.2) is 0 Å². The van der Waals surface area contributed by atoms with Gasteiger partial charge in [0.15, 0.2) is 13.1 Å². The number of carbonyl (C=O) groups is 2. The van der Waals surface area contributed by atoms with Crippen LogP contribution in [0.2, 0.25) is 10.0 Å². The van der Waals surface area contributed by atoms with Crippen molar-refractivity contribution in [2.45, 2.75) is 26.8 Å². The van der Waals surface area contributed by atoms with Crippen LogP contribution in [0.1, 0.15) is 20.8 Å². The van der Waals surface area contributed by atoms with E-state index in [9.17, 15) is 9.59 Å². The number of hydrogen-bond donors (Lipinski definition) is 3. The first kappa shape index (κ1) is 18.7. The summed E-state index contributed by atoms with van der Waals surface area (Å²) in [6.45, 7) is 6.87. The van der Waals surface area contributed by atoms with E-state index in [4.69, 9.17) is 23.2 Å². The smallest absolute Gasteiger partial charge is 0.279 e. The Morgan fingerprint density at radius 1 is 1.09 bits per heavy atom. The monoisotopic (exact) mass is 346 g/mol. The Bertz CT molecular complexity index is 515. The van der Waals surface area contributed by atoms with Gasteiger partial charge < -0.3 is 15.5 Å². The van der Waals surface area contributed by atoms with E-state index in [2.05, 4.69) is 10.6 Å². The summed E-state index contributed by atoms with van der Waals surface area (Å²) in [4.78, 5) is 24.7. The largest absolute Gasteiger partial charge is 0.349 e. The number of amides is 2. The number of anilines is 1. The molecule has 0 saturated carbocycles. The fourth-order valence-corrected chi connectivity index (χ4v) is 2.50. The molecule has 122 valence electrons. The zero-order valence-electron chi connectivity index (χ0n) is 13.0. The van der Waals surface area contributed by atoms with Crippen molar-refractivity contribution in [3.05, 3.63) is 28.2 Å². The summed E-state index contributed by atoms with van der Waals surface area (Å²) in [7, 11) is 0. The predicted octanol–water partition coefficient (Wildman–Crippen LogP) is 1.36. The molecule has 0 aliphatic rings. The van der Waals surface area contributed by atoms with Gasteiger partial charge in [0.1, 0.15) is 0 Å². The van der Waals surface area contributed by atoms with Crippen LogP contribution in [-0.2, 0) is 9.59 Å². The number of quaternary nitrogens is 1. The van der Waals surface area contributed by atoms with Crippen molar-refractivity contribution in [3.63, 3.8) is 0 Å². The number of carbonyl (C=O) groups excluding carboxylic acids is 2. The third-order valence-corrected chi connectivity index (χ3v) is 3.35. The lowest BCUT2D eigenvalue weighted by Gasteiger charge is -2.18. The van der Waals surface area contributed by atoms with Crippen LogP contribution in [0.3, 0.4) is 0 Å². The average Bonchev–Trinajstić information content (AvgIpc) is 2.35. The zero-order valence-corrected chi connectivity index (χ0v) is 14.5. The van der Waals surface area contributed by atoms with Crippen molar-refractivity contribution in [1.82, 2.24) is 5.32 Å². The Morgan fingerprint density at radius 2 is 1.64 bits per heavy atom. The molecule has 0 aliphatic carbocycles. The number of nitrogens with one attached hydrogen (secondary N) is 3. The molecule has 0 aliphatic heterocycles. The number of likely N-dealkylation sites (N-methyl/N-ethyl adjacent to an activating group) is 1. The van der Waals surface area contributed by atoms with Gasteiger partial charge >= 0.3 is 0 Å². The van der Waals surface area contributed by atoms with Gasteiger partial charge in [0, 0.05) is 21.8 Å². The standard InChI is InChI=1S/C15H21Cl2N3O2/c1-4-20(8-14(21)18-10(2)3)9-15(22)19-13-6-11(16)5-12(17)7-13/h5-7,10H,4,8-9H2,1-3H3,(H,18,21)(H,19,22)/p+1. The molecule has 1 atom stereocenters. The van der Waals surface area contributed by atoms with E-state index >= 15 is 0 Å². The van der Waals surface area contributed by atoms with E-state index in [1.54, 1.807) is 18.2 Å². The van der Waals surface area contributed by atoms with Crippen LogP contribution < -0.4 is 15.5 Å². The van der Waals surface area contributed by atoms with Crippen molar-refractivity contribution in [1.29, 1.82) is 0 Å². The molecule has 5 nitrogen and oxygen atoms in total. The normalized spacial score (nSPS) is 12.1. The van der Waals surface area contributed by atoms with Crippen LogP contribution in [-0.4, -0.2) is 37.5 Å². The zero-order chi connectivity index (χ0) is 16.7. The van der Waals surface area contributed by atoms with Gasteiger partial charge in [-0.1, -0.05) is 23.2 Å². The van der Waals surface area contributed by atoms with Gasteiger partial charge in [0.05, 0.1) is 6.54 Å². The molecule has 0 fully saturated rings. The molecular weight excluding hydrogens is 325 g/mol. The van der Waals surface area contributed by atoms with E-state index in [1.807, 2.05) is 20.8 Å². The molecule has 1 rings (SSSR count). The van der Waals surface area contributed by atoms with Gasteiger partial charge in [-0.2, -0.15) is 0 Å². The first-order valence-corrected chi connectivity index (χ1v) is 7.94. The maximum absolute atomic E-state index is 12.1. The number of rotatable bonds is 7. The average molecular weight is 347 g/mol. The van der Waals surface area contributed by atoms with E-state index in [0.29, 0.717) is 22.3 Å². The van der Waals surface area contributed by atoms with Crippen LogP contribution in [0.15, 0.2) is 18.2 Å². The van der Waals surface area contributed by atoms with Gasteiger partial charge in [0.2, 0.25) is 0 Å². The molecule has 0 radical (unpaired) electrons. The molecular formula is C15H22Cl2N3O2+. The van der Waals surface area contributed by atoms with E-state index in [1.165, 1.54) is 0 Å². The molecule has 1 aromatic carbocycles. The van der Waals surface area contributed by atoms with Crippen LogP contribution in [0.4, 0.5) is 5.69 Å². The molecule has 22 heavy (non-hydrogen) atoms. The van der Waals surface area contributed by atoms with E-state index in [0.717, 1.165) is 4.90 Å². The Kier molecular flexibility index (Phi) is 7.65. The summed E-state index contributed by atoms with van der Waals surface area (Å²) in [5.74, 6) is -0.252. The van der Waals surface area contributed by atoms with Crippen molar-refractivity contribution >= 4 is 40.7 Å². The molecule has 0 spiro atoms. The molecule has 0 aromatic heterocycles. The molecule has 0 bridgehead atoms. The highest BCUT2D eigenvalue weighted by Crippen LogP contribution is 2.22. The van der Waals surface area contributed by atoms with Gasteiger partial charge in [-0.05, 0) is 39.0 Å². The van der Waals surface area contributed by atoms with Gasteiger partial charge in [0.25, 0.3) is 11.8 Å². The van der Waals surface area contributed by atoms with E-state index < -0.39 is 0 Å². The minimum absolute atomic E-state index is 0.0644. The second-order valence-electron chi connectivity index (χ2n) is 5.39. The second-order valence-corrected chi connectivity index (χ2v) is 6.26. The lowest BCUT2D eigenvalue weighted by Crippen LogP contribution is -3.14. The second kappa shape index (κ2) is 8.98. The molecule has 1 aromatic rings. The lowest BCUT2D eigenvalue weighted by molar-refractivity contribution is -0.881. The van der Waals surface area contributed by atoms with Crippen molar-refractivity contribution in [2.75, 3.05) is 25.0 Å². The lowest BCUT2D eigenvalue weighted by atomic mass is 10.3. The maximum atomic E-state index is 12.1. The molecule has 0 heterocycles.